The van der Waals surface area contributed by atoms with Crippen LogP contribution in [0, 0.1) is 0 Å². The van der Waals surface area contributed by atoms with Crippen molar-refractivity contribution in [2.24, 2.45) is 4.99 Å². The predicted molar refractivity (Wildman–Crippen MR) is 113 cm³/mol. The molecule has 2 aromatic heterocycles. The van der Waals surface area contributed by atoms with Gasteiger partial charge in [0, 0.05) is 23.1 Å². The van der Waals surface area contributed by atoms with Crippen LogP contribution in [-0.4, -0.2) is 37.3 Å². The zero-order valence-electron chi connectivity index (χ0n) is 16.2. The SMILES string of the molecule is CCOC(=O)Cn1c(=NC(=O)/C=C/c2cccs2)sc2cc(OC)c(OC)cc21. The smallest absolute Gasteiger partial charge is 0.326 e. The van der Waals surface area contributed by atoms with Crippen molar-refractivity contribution in [3.05, 3.63) is 45.4 Å². The molecule has 0 atom stereocenters. The van der Waals surface area contributed by atoms with Crippen molar-refractivity contribution < 1.29 is 23.8 Å². The zero-order chi connectivity index (χ0) is 20.8. The maximum Gasteiger partial charge on any atom is 0.326 e. The van der Waals surface area contributed by atoms with E-state index in [0.717, 1.165) is 9.58 Å². The summed E-state index contributed by atoms with van der Waals surface area (Å²) in [6.45, 7) is 1.95. The molecule has 0 aliphatic rings. The van der Waals surface area contributed by atoms with Crippen molar-refractivity contribution in [2.75, 3.05) is 20.8 Å². The summed E-state index contributed by atoms with van der Waals surface area (Å²) < 4.78 is 18.2. The molecule has 0 saturated carbocycles. The molecule has 2 heterocycles. The van der Waals surface area contributed by atoms with E-state index in [0.29, 0.717) is 21.8 Å². The first kappa shape index (κ1) is 20.8. The minimum atomic E-state index is -0.415. The van der Waals surface area contributed by atoms with Gasteiger partial charge >= 0.3 is 5.97 Å². The predicted octanol–water partition coefficient (Wildman–Crippen LogP) is 3.49. The van der Waals surface area contributed by atoms with E-state index >= 15 is 0 Å². The van der Waals surface area contributed by atoms with E-state index in [1.165, 1.54) is 35.9 Å². The lowest BCUT2D eigenvalue weighted by Gasteiger charge is -2.09. The van der Waals surface area contributed by atoms with Crippen LogP contribution in [0.15, 0.2) is 40.7 Å². The molecule has 0 aliphatic carbocycles. The fourth-order valence-electron chi connectivity index (χ4n) is 2.64. The third-order valence-electron chi connectivity index (χ3n) is 3.92. The average molecular weight is 433 g/mol. The number of hydrogen-bond acceptors (Lipinski definition) is 7. The Kier molecular flexibility index (Phi) is 6.84. The van der Waals surface area contributed by atoms with Crippen LogP contribution in [0.2, 0.25) is 0 Å². The molecule has 0 spiro atoms. The molecule has 0 radical (unpaired) electrons. The van der Waals surface area contributed by atoms with E-state index in [-0.39, 0.29) is 13.2 Å². The number of amides is 1. The largest absolute Gasteiger partial charge is 0.493 e. The summed E-state index contributed by atoms with van der Waals surface area (Å²) in [4.78, 5) is 30.0. The minimum absolute atomic E-state index is 0.0654. The number of ether oxygens (including phenoxy) is 3. The van der Waals surface area contributed by atoms with Crippen molar-refractivity contribution in [1.29, 1.82) is 0 Å². The average Bonchev–Trinajstić information content (AvgIpc) is 3.34. The van der Waals surface area contributed by atoms with Crippen molar-refractivity contribution in [2.45, 2.75) is 13.5 Å². The lowest BCUT2D eigenvalue weighted by molar-refractivity contribution is -0.143. The molecule has 0 saturated heterocycles. The van der Waals surface area contributed by atoms with Crippen molar-refractivity contribution in [1.82, 2.24) is 4.57 Å². The summed E-state index contributed by atoms with van der Waals surface area (Å²) >= 11 is 2.81. The zero-order valence-corrected chi connectivity index (χ0v) is 17.8. The molecule has 1 amide bonds. The minimum Gasteiger partial charge on any atom is -0.493 e. The molecule has 1 aromatic carbocycles. The van der Waals surface area contributed by atoms with Crippen molar-refractivity contribution >= 4 is 50.8 Å². The number of thiophene rings is 1. The van der Waals surface area contributed by atoms with Crippen molar-refractivity contribution in [3.8, 4) is 11.5 Å². The third kappa shape index (κ3) is 4.93. The van der Waals surface area contributed by atoms with E-state index in [2.05, 4.69) is 4.99 Å². The molecule has 3 aromatic rings. The monoisotopic (exact) mass is 432 g/mol. The second kappa shape index (κ2) is 9.53. The maximum absolute atomic E-state index is 12.4. The van der Waals surface area contributed by atoms with Crippen LogP contribution in [0.4, 0.5) is 0 Å². The summed E-state index contributed by atoms with van der Waals surface area (Å²) in [7, 11) is 3.09. The molecular weight excluding hydrogens is 412 g/mol. The van der Waals surface area contributed by atoms with Crippen LogP contribution in [0.1, 0.15) is 11.8 Å². The van der Waals surface area contributed by atoms with Gasteiger partial charge in [0.25, 0.3) is 5.91 Å². The number of carbonyl (C=O) groups excluding carboxylic acids is 2. The molecule has 29 heavy (non-hydrogen) atoms. The third-order valence-corrected chi connectivity index (χ3v) is 5.80. The second-order valence-electron chi connectivity index (χ2n) is 5.75. The number of fused-ring (bicyclic) bond motifs is 1. The van der Waals surface area contributed by atoms with E-state index in [4.69, 9.17) is 14.2 Å². The quantitative estimate of drug-likeness (QED) is 0.422. The number of aromatic nitrogens is 1. The number of esters is 1. The molecule has 0 aliphatic heterocycles. The van der Waals surface area contributed by atoms with Gasteiger partial charge in [-0.25, -0.2) is 0 Å². The number of benzene rings is 1. The first-order valence-electron chi connectivity index (χ1n) is 8.77. The van der Waals surface area contributed by atoms with Crippen molar-refractivity contribution in [3.63, 3.8) is 0 Å². The lowest BCUT2D eigenvalue weighted by atomic mass is 10.3. The highest BCUT2D eigenvalue weighted by atomic mass is 32.1. The summed E-state index contributed by atoms with van der Waals surface area (Å²) in [5.41, 5.74) is 0.703. The number of nitrogens with zero attached hydrogens (tertiary/aromatic N) is 2. The normalized spacial score (nSPS) is 11.9. The van der Waals surface area contributed by atoms with Gasteiger partial charge in [-0.15, -0.1) is 11.3 Å². The Hall–Kier alpha value is -2.91. The molecule has 0 bridgehead atoms. The summed E-state index contributed by atoms with van der Waals surface area (Å²) in [6.07, 6.45) is 3.12. The fourth-order valence-corrected chi connectivity index (χ4v) is 4.30. The van der Waals surface area contributed by atoms with Crippen LogP contribution in [0.5, 0.6) is 11.5 Å². The first-order valence-corrected chi connectivity index (χ1v) is 10.5. The highest BCUT2D eigenvalue weighted by Crippen LogP contribution is 2.33. The van der Waals surface area contributed by atoms with Gasteiger partial charge in [-0.1, -0.05) is 17.4 Å². The Balaban J connectivity index is 2.08. The number of carbonyl (C=O) groups is 2. The van der Waals surface area contributed by atoms with Crippen LogP contribution < -0.4 is 14.3 Å². The Morgan fingerprint density at radius 1 is 1.21 bits per heavy atom. The summed E-state index contributed by atoms with van der Waals surface area (Å²) in [6, 6.07) is 7.37. The van der Waals surface area contributed by atoms with Gasteiger partial charge in [0.1, 0.15) is 6.54 Å². The van der Waals surface area contributed by atoms with Gasteiger partial charge in [0.05, 0.1) is 31.0 Å². The molecule has 0 N–H and O–H groups in total. The summed E-state index contributed by atoms with van der Waals surface area (Å²) in [5, 5.41) is 1.93. The van der Waals surface area contributed by atoms with Gasteiger partial charge in [0.15, 0.2) is 16.3 Å². The van der Waals surface area contributed by atoms with Gasteiger partial charge < -0.3 is 18.8 Å². The Labute approximate surface area is 175 Å². The Morgan fingerprint density at radius 2 is 1.97 bits per heavy atom. The molecule has 0 fully saturated rings. The lowest BCUT2D eigenvalue weighted by Crippen LogP contribution is -2.22. The molecule has 9 heteroatoms. The van der Waals surface area contributed by atoms with Crippen LogP contribution >= 0.6 is 22.7 Å². The Morgan fingerprint density at radius 3 is 2.62 bits per heavy atom. The van der Waals surface area contributed by atoms with E-state index in [1.54, 1.807) is 36.8 Å². The first-order chi connectivity index (χ1) is 14.0. The second-order valence-corrected chi connectivity index (χ2v) is 7.74. The number of hydrogen-bond donors (Lipinski definition) is 0. The topological polar surface area (TPSA) is 79.1 Å². The van der Waals surface area contributed by atoms with Gasteiger partial charge in [0.2, 0.25) is 0 Å². The molecular formula is C20H20N2O5S2. The number of rotatable bonds is 7. The van der Waals surface area contributed by atoms with Crippen LogP contribution in [0.25, 0.3) is 16.3 Å². The molecule has 3 rings (SSSR count). The fraction of sp³-hybridized carbons (Fsp3) is 0.250. The van der Waals surface area contributed by atoms with Gasteiger partial charge in [-0.05, 0) is 24.4 Å². The highest BCUT2D eigenvalue weighted by molar-refractivity contribution is 7.16. The Bertz CT molecular complexity index is 1110. The van der Waals surface area contributed by atoms with E-state index in [1.807, 2.05) is 17.5 Å². The summed E-state index contributed by atoms with van der Waals surface area (Å²) in [5.74, 6) is 0.248. The number of thiazole rings is 1. The van der Waals surface area contributed by atoms with Crippen LogP contribution in [0.3, 0.4) is 0 Å². The molecule has 0 unspecified atom stereocenters. The van der Waals surface area contributed by atoms with E-state index < -0.39 is 11.9 Å². The highest BCUT2D eigenvalue weighted by Gasteiger charge is 2.15. The van der Waals surface area contributed by atoms with Gasteiger partial charge in [-0.3, -0.25) is 9.59 Å². The van der Waals surface area contributed by atoms with E-state index in [9.17, 15) is 9.59 Å². The number of methoxy groups -OCH3 is 2. The van der Waals surface area contributed by atoms with Crippen LogP contribution in [-0.2, 0) is 20.9 Å². The standard InChI is InChI=1S/C20H20N2O5S2/c1-4-27-19(24)12-22-14-10-15(25-2)16(26-3)11-17(14)29-20(22)21-18(23)8-7-13-6-5-9-28-13/h5-11H,4,12H2,1-3H3/b8-7+,21-20?. The molecule has 7 nitrogen and oxygen atoms in total. The van der Waals surface area contributed by atoms with Gasteiger partial charge in [-0.2, -0.15) is 4.99 Å². The molecule has 152 valence electrons. The maximum atomic E-state index is 12.4.